The average Bonchev–Trinajstić information content (AvgIpc) is 2.20. The molecule has 0 aromatic heterocycles. The molecule has 0 N–H and O–H groups in total. The SMILES string of the molecule is CCCCCCOCC(C)OCC[O]. The minimum absolute atomic E-state index is 0.0510. The Hall–Kier alpha value is -0.120. The van der Waals surface area contributed by atoms with Crippen LogP contribution in [0.5, 0.6) is 0 Å². The van der Waals surface area contributed by atoms with Crippen LogP contribution in [0.25, 0.3) is 0 Å². The van der Waals surface area contributed by atoms with Gasteiger partial charge in [0.1, 0.15) is 6.61 Å². The molecule has 0 saturated carbocycles. The third-order valence-electron chi connectivity index (χ3n) is 1.98. The summed E-state index contributed by atoms with van der Waals surface area (Å²) in [5, 5.41) is 10.1. The molecule has 3 nitrogen and oxygen atoms in total. The lowest BCUT2D eigenvalue weighted by molar-refractivity contribution is -0.0271. The molecule has 3 heteroatoms. The van der Waals surface area contributed by atoms with Gasteiger partial charge in [0.05, 0.1) is 19.3 Å². The van der Waals surface area contributed by atoms with E-state index in [1.165, 1.54) is 19.3 Å². The van der Waals surface area contributed by atoms with E-state index in [9.17, 15) is 5.11 Å². The maximum absolute atomic E-state index is 10.1. The van der Waals surface area contributed by atoms with Crippen molar-refractivity contribution in [1.29, 1.82) is 0 Å². The third-order valence-corrected chi connectivity index (χ3v) is 1.98. The molecule has 14 heavy (non-hydrogen) atoms. The summed E-state index contributed by atoms with van der Waals surface area (Å²) in [6, 6.07) is 0. The van der Waals surface area contributed by atoms with Gasteiger partial charge in [-0.1, -0.05) is 26.2 Å². The zero-order chi connectivity index (χ0) is 10.6. The van der Waals surface area contributed by atoms with E-state index in [0.29, 0.717) is 13.2 Å². The Bertz CT molecular complexity index is 107. The van der Waals surface area contributed by atoms with E-state index in [4.69, 9.17) is 9.47 Å². The summed E-state index contributed by atoms with van der Waals surface area (Å²) in [6.07, 6.45) is 4.96. The van der Waals surface area contributed by atoms with Crippen molar-refractivity contribution >= 4 is 0 Å². The van der Waals surface area contributed by atoms with E-state index < -0.39 is 0 Å². The Balaban J connectivity index is 3.02. The fourth-order valence-electron chi connectivity index (χ4n) is 1.18. The molecule has 0 rings (SSSR count). The first-order valence-corrected chi connectivity index (χ1v) is 5.58. The van der Waals surface area contributed by atoms with Crippen molar-refractivity contribution in [2.75, 3.05) is 26.4 Å². The molecule has 85 valence electrons. The zero-order valence-electron chi connectivity index (χ0n) is 9.46. The van der Waals surface area contributed by atoms with Crippen LogP contribution in [-0.4, -0.2) is 32.5 Å². The first-order valence-electron chi connectivity index (χ1n) is 5.58. The Kier molecular flexibility index (Phi) is 10.9. The largest absolute Gasteiger partial charge is 0.379 e. The summed E-state index contributed by atoms with van der Waals surface area (Å²) in [4.78, 5) is 0. The highest BCUT2D eigenvalue weighted by molar-refractivity contribution is 4.47. The Labute approximate surface area is 87.4 Å². The second-order valence-corrected chi connectivity index (χ2v) is 3.52. The summed E-state index contributed by atoms with van der Waals surface area (Å²) in [6.45, 7) is 5.67. The number of hydrogen-bond donors (Lipinski definition) is 0. The molecule has 0 amide bonds. The molecule has 0 aliphatic heterocycles. The lowest BCUT2D eigenvalue weighted by Crippen LogP contribution is -2.18. The molecule has 0 aliphatic rings. The predicted molar refractivity (Wildman–Crippen MR) is 55.9 cm³/mol. The van der Waals surface area contributed by atoms with Crippen molar-refractivity contribution in [1.82, 2.24) is 0 Å². The van der Waals surface area contributed by atoms with Crippen LogP contribution in [0.15, 0.2) is 0 Å². The van der Waals surface area contributed by atoms with Gasteiger partial charge in [-0.3, -0.25) is 0 Å². The first-order chi connectivity index (χ1) is 6.81. The van der Waals surface area contributed by atoms with Gasteiger partial charge in [-0.05, 0) is 13.3 Å². The molecule has 1 radical (unpaired) electrons. The average molecular weight is 203 g/mol. The molecule has 0 heterocycles. The summed E-state index contributed by atoms with van der Waals surface area (Å²) in [5.41, 5.74) is 0. The quantitative estimate of drug-likeness (QED) is 0.511. The highest BCUT2D eigenvalue weighted by Gasteiger charge is 2.01. The van der Waals surface area contributed by atoms with Crippen LogP contribution < -0.4 is 0 Å². The van der Waals surface area contributed by atoms with E-state index in [1.54, 1.807) is 0 Å². The van der Waals surface area contributed by atoms with E-state index in [-0.39, 0.29) is 12.7 Å². The van der Waals surface area contributed by atoms with E-state index in [2.05, 4.69) is 6.92 Å². The highest BCUT2D eigenvalue weighted by atomic mass is 16.5. The van der Waals surface area contributed by atoms with E-state index >= 15 is 0 Å². The molecular weight excluding hydrogens is 180 g/mol. The topological polar surface area (TPSA) is 38.4 Å². The smallest absolute Gasteiger partial charge is 0.106 e. The number of unbranched alkanes of at least 4 members (excludes halogenated alkanes) is 3. The molecule has 0 aromatic rings. The monoisotopic (exact) mass is 203 g/mol. The molecule has 0 bridgehead atoms. The lowest BCUT2D eigenvalue weighted by atomic mass is 10.2. The van der Waals surface area contributed by atoms with E-state index in [0.717, 1.165) is 13.0 Å². The molecule has 0 aromatic carbocycles. The van der Waals surface area contributed by atoms with E-state index in [1.807, 2.05) is 6.92 Å². The van der Waals surface area contributed by atoms with Gasteiger partial charge in [-0.2, -0.15) is 0 Å². The summed E-state index contributed by atoms with van der Waals surface area (Å²) >= 11 is 0. The van der Waals surface area contributed by atoms with Gasteiger partial charge in [-0.15, -0.1) is 0 Å². The summed E-state index contributed by atoms with van der Waals surface area (Å²) in [7, 11) is 0. The standard InChI is InChI=1S/C11H23O3/c1-3-4-5-6-8-13-10-11(2)14-9-7-12/h11H,3-10H2,1-2H3. The molecule has 0 aliphatic carbocycles. The van der Waals surface area contributed by atoms with Gasteiger partial charge in [0.2, 0.25) is 0 Å². The van der Waals surface area contributed by atoms with Crippen molar-refractivity contribution in [3.63, 3.8) is 0 Å². The molecule has 1 atom stereocenters. The van der Waals surface area contributed by atoms with Crippen molar-refractivity contribution in [2.24, 2.45) is 0 Å². The van der Waals surface area contributed by atoms with Crippen LogP contribution in [-0.2, 0) is 14.6 Å². The van der Waals surface area contributed by atoms with Gasteiger partial charge in [0, 0.05) is 6.61 Å². The number of hydrogen-bond acceptors (Lipinski definition) is 2. The lowest BCUT2D eigenvalue weighted by Gasteiger charge is -2.12. The van der Waals surface area contributed by atoms with Crippen LogP contribution in [0.1, 0.15) is 39.5 Å². The molecule has 0 spiro atoms. The maximum Gasteiger partial charge on any atom is 0.106 e. The second kappa shape index (κ2) is 11.0. The normalized spacial score (nSPS) is 13.1. The highest BCUT2D eigenvalue weighted by Crippen LogP contribution is 1.99. The maximum atomic E-state index is 10.1. The fourth-order valence-corrected chi connectivity index (χ4v) is 1.18. The van der Waals surface area contributed by atoms with Crippen LogP contribution in [0.2, 0.25) is 0 Å². The van der Waals surface area contributed by atoms with Crippen LogP contribution in [0.4, 0.5) is 0 Å². The third kappa shape index (κ3) is 9.96. The Morgan fingerprint density at radius 3 is 2.57 bits per heavy atom. The molecule has 0 saturated heterocycles. The Morgan fingerprint density at radius 1 is 1.14 bits per heavy atom. The van der Waals surface area contributed by atoms with Crippen LogP contribution >= 0.6 is 0 Å². The molecular formula is C11H23O3. The summed E-state index contributed by atoms with van der Waals surface area (Å²) < 4.78 is 10.6. The molecule has 0 fully saturated rings. The minimum atomic E-state index is -0.166. The number of ether oxygens (including phenoxy) is 2. The minimum Gasteiger partial charge on any atom is -0.379 e. The van der Waals surface area contributed by atoms with Gasteiger partial charge in [-0.25, -0.2) is 5.11 Å². The Morgan fingerprint density at radius 2 is 1.93 bits per heavy atom. The van der Waals surface area contributed by atoms with Crippen molar-refractivity contribution < 1.29 is 14.6 Å². The van der Waals surface area contributed by atoms with Crippen molar-refractivity contribution in [3.05, 3.63) is 0 Å². The predicted octanol–water partition coefficient (Wildman–Crippen LogP) is 2.42. The van der Waals surface area contributed by atoms with Gasteiger partial charge in [0.25, 0.3) is 0 Å². The fraction of sp³-hybridized carbons (Fsp3) is 1.00. The molecule has 1 unspecified atom stereocenters. The van der Waals surface area contributed by atoms with Gasteiger partial charge < -0.3 is 9.47 Å². The first kappa shape index (κ1) is 13.9. The second-order valence-electron chi connectivity index (χ2n) is 3.52. The van der Waals surface area contributed by atoms with Crippen molar-refractivity contribution in [2.45, 2.75) is 45.6 Å². The zero-order valence-corrected chi connectivity index (χ0v) is 9.46. The van der Waals surface area contributed by atoms with Crippen molar-refractivity contribution in [3.8, 4) is 0 Å². The number of rotatable bonds is 10. The van der Waals surface area contributed by atoms with Gasteiger partial charge in [0.15, 0.2) is 0 Å². The van der Waals surface area contributed by atoms with Crippen LogP contribution in [0.3, 0.4) is 0 Å². The van der Waals surface area contributed by atoms with Gasteiger partial charge >= 0.3 is 0 Å². The van der Waals surface area contributed by atoms with Crippen LogP contribution in [0, 0.1) is 0 Å². The summed E-state index contributed by atoms with van der Waals surface area (Å²) in [5.74, 6) is 0.